The summed E-state index contributed by atoms with van der Waals surface area (Å²) in [6, 6.07) is 0. The number of hydrazine groups is 1. The van der Waals surface area contributed by atoms with Crippen LogP contribution in [0.4, 0.5) is 0 Å². The molecule has 1 aliphatic rings. The molecule has 2 rings (SSSR count). The second kappa shape index (κ2) is 7.80. The number of nitrogens with one attached hydrogen (secondary N) is 1. The zero-order valence-corrected chi connectivity index (χ0v) is 13.7. The maximum atomic E-state index is 12.0. The molecule has 0 radical (unpaired) electrons. The number of H-pyrrole nitrogens is 1. The highest BCUT2D eigenvalue weighted by Gasteiger charge is 2.43. The third kappa shape index (κ3) is 4.08. The molecule has 4 unspecified atom stereocenters. The largest absolute Gasteiger partial charge is 0.401 e. The summed E-state index contributed by atoms with van der Waals surface area (Å²) in [4.78, 5) is 26.1. The molecule has 0 saturated carbocycles. The van der Waals surface area contributed by atoms with Gasteiger partial charge in [-0.05, 0) is 6.92 Å². The van der Waals surface area contributed by atoms with E-state index < -0.39 is 42.4 Å². The van der Waals surface area contributed by atoms with Crippen molar-refractivity contribution in [2.24, 2.45) is 11.6 Å². The molecule has 8 N–H and O–H groups in total. The molecule has 1 aromatic rings. The van der Waals surface area contributed by atoms with Crippen LogP contribution >= 0.6 is 0 Å². The summed E-state index contributed by atoms with van der Waals surface area (Å²) in [5.74, 6) is 5.61. The molecular weight excluding hydrogens is 334 g/mol. The highest BCUT2D eigenvalue weighted by molar-refractivity contribution is 5.15. The number of nitrogens with two attached hydrogens (primary N) is 2. The molecule has 1 fully saturated rings. The Morgan fingerprint density at radius 1 is 1.44 bits per heavy atom. The average molecular weight is 357 g/mol. The molecule has 11 nitrogen and oxygen atoms in total. The second-order valence-electron chi connectivity index (χ2n) is 5.76. The van der Waals surface area contributed by atoms with Crippen LogP contribution in [-0.4, -0.2) is 61.3 Å². The number of nitrogens with zero attached hydrogens (tertiary/aromatic N) is 2. The number of aromatic nitrogens is 2. The molecular formula is C14H23N5O6. The number of rotatable bonds is 6. The van der Waals surface area contributed by atoms with E-state index >= 15 is 0 Å². The number of hydrogen-bond donors (Lipinski definition) is 6. The molecule has 25 heavy (non-hydrogen) atoms. The molecule has 0 bridgehead atoms. The lowest BCUT2D eigenvalue weighted by atomic mass is 10.1. The Hall–Kier alpha value is -2.18. The summed E-state index contributed by atoms with van der Waals surface area (Å²) in [6.07, 6.45) is -2.42. The van der Waals surface area contributed by atoms with Gasteiger partial charge in [0.2, 0.25) is 0 Å². The Bertz CT molecular complexity index is 744. The van der Waals surface area contributed by atoms with E-state index in [0.29, 0.717) is 12.2 Å². The summed E-state index contributed by atoms with van der Waals surface area (Å²) in [6.45, 7) is 1.80. The lowest BCUT2D eigenvalue weighted by molar-refractivity contribution is -0.0551. The maximum absolute atomic E-state index is 12.0. The molecule has 140 valence electrons. The Kier molecular flexibility index (Phi) is 5.98. The highest BCUT2D eigenvalue weighted by Crippen LogP contribution is 2.28. The number of hydrogen-bond acceptors (Lipinski definition) is 9. The van der Waals surface area contributed by atoms with Crippen LogP contribution in [0, 0.1) is 0 Å². The zero-order valence-electron chi connectivity index (χ0n) is 13.7. The number of ether oxygens (including phenoxy) is 1. The summed E-state index contributed by atoms with van der Waals surface area (Å²) < 4.78 is 6.25. The van der Waals surface area contributed by atoms with E-state index in [1.54, 1.807) is 0 Å². The van der Waals surface area contributed by atoms with Crippen molar-refractivity contribution in [2.45, 2.75) is 37.9 Å². The summed E-state index contributed by atoms with van der Waals surface area (Å²) in [7, 11) is 0. The van der Waals surface area contributed by atoms with Crippen LogP contribution in [0.15, 0.2) is 27.7 Å². The molecule has 0 amide bonds. The van der Waals surface area contributed by atoms with Gasteiger partial charge in [0, 0.05) is 36.6 Å². The van der Waals surface area contributed by atoms with Crippen LogP contribution in [0.2, 0.25) is 0 Å². The van der Waals surface area contributed by atoms with Gasteiger partial charge < -0.3 is 30.8 Å². The van der Waals surface area contributed by atoms with Crippen LogP contribution in [0.25, 0.3) is 0 Å². The van der Waals surface area contributed by atoms with Crippen molar-refractivity contribution in [1.29, 1.82) is 0 Å². The fourth-order valence-electron chi connectivity index (χ4n) is 2.52. The van der Waals surface area contributed by atoms with Crippen molar-refractivity contribution in [2.75, 3.05) is 13.2 Å². The molecule has 0 spiro atoms. The maximum Gasteiger partial charge on any atom is 0.330 e. The Morgan fingerprint density at radius 3 is 2.68 bits per heavy atom. The number of aliphatic hydroxyl groups is 3. The van der Waals surface area contributed by atoms with Gasteiger partial charge in [0.15, 0.2) is 6.23 Å². The van der Waals surface area contributed by atoms with Gasteiger partial charge in [0.1, 0.15) is 18.3 Å². The van der Waals surface area contributed by atoms with Crippen LogP contribution in [-0.2, 0) is 11.2 Å². The lowest BCUT2D eigenvalue weighted by Gasteiger charge is -2.18. The molecule has 0 aliphatic carbocycles. The van der Waals surface area contributed by atoms with Crippen molar-refractivity contribution in [3.63, 3.8) is 0 Å². The predicted molar refractivity (Wildman–Crippen MR) is 86.9 cm³/mol. The molecule has 0 aromatic carbocycles. The minimum atomic E-state index is -1.44. The van der Waals surface area contributed by atoms with Crippen LogP contribution < -0.4 is 22.8 Å². The van der Waals surface area contributed by atoms with Crippen LogP contribution in [0.5, 0.6) is 0 Å². The second-order valence-corrected chi connectivity index (χ2v) is 5.76. The van der Waals surface area contributed by atoms with Gasteiger partial charge in [0.25, 0.3) is 5.56 Å². The standard InChI is InChI=1S/C14H23N5O6/c1-2-18(16)5-8(15)3-7-4-19(14(24)17-12(7)23)13-11(22)10(21)9(6-20)25-13/h4-5,9-11,13,20-22H,2-3,6,15-16H2,1H3,(H,17,23,24)/b8-5-. The summed E-state index contributed by atoms with van der Waals surface area (Å²) in [5.41, 5.74) is 4.82. The first-order valence-corrected chi connectivity index (χ1v) is 7.72. The smallest absolute Gasteiger partial charge is 0.330 e. The normalized spacial score (nSPS) is 26.8. The summed E-state index contributed by atoms with van der Waals surface area (Å²) >= 11 is 0. The van der Waals surface area contributed by atoms with E-state index in [9.17, 15) is 19.8 Å². The first-order valence-electron chi connectivity index (χ1n) is 7.72. The third-order valence-electron chi connectivity index (χ3n) is 3.92. The monoisotopic (exact) mass is 357 g/mol. The SMILES string of the molecule is CCN(N)/C=C(\N)Cc1cn(C2OC(CO)C(O)C2O)c(=O)[nH]c1=O. The summed E-state index contributed by atoms with van der Waals surface area (Å²) in [5, 5.41) is 30.3. The van der Waals surface area contributed by atoms with E-state index in [4.69, 9.17) is 21.4 Å². The van der Waals surface area contributed by atoms with Crippen molar-refractivity contribution < 1.29 is 20.1 Å². The molecule has 1 aliphatic heterocycles. The Labute approximate surface area is 142 Å². The molecule has 2 heterocycles. The van der Waals surface area contributed by atoms with Gasteiger partial charge in [-0.25, -0.2) is 10.6 Å². The minimum absolute atomic E-state index is 0.0120. The van der Waals surface area contributed by atoms with Crippen LogP contribution in [0.1, 0.15) is 18.7 Å². The minimum Gasteiger partial charge on any atom is -0.401 e. The van der Waals surface area contributed by atoms with Crippen molar-refractivity contribution in [3.8, 4) is 0 Å². The van der Waals surface area contributed by atoms with E-state index in [0.717, 1.165) is 4.57 Å². The quantitative estimate of drug-likeness (QED) is 0.224. The van der Waals surface area contributed by atoms with E-state index in [1.165, 1.54) is 17.4 Å². The van der Waals surface area contributed by atoms with Gasteiger partial charge >= 0.3 is 5.69 Å². The Morgan fingerprint density at radius 2 is 2.12 bits per heavy atom. The number of allylic oxidation sites excluding steroid dienone is 1. The number of aliphatic hydroxyl groups excluding tert-OH is 3. The van der Waals surface area contributed by atoms with Crippen LogP contribution in [0.3, 0.4) is 0 Å². The van der Waals surface area contributed by atoms with Gasteiger partial charge in [-0.15, -0.1) is 0 Å². The molecule has 1 aromatic heterocycles. The van der Waals surface area contributed by atoms with Gasteiger partial charge in [0.05, 0.1) is 6.61 Å². The van der Waals surface area contributed by atoms with Crippen molar-refractivity contribution in [1.82, 2.24) is 14.6 Å². The van der Waals surface area contributed by atoms with E-state index in [-0.39, 0.29) is 12.0 Å². The van der Waals surface area contributed by atoms with Gasteiger partial charge in [-0.2, -0.15) is 0 Å². The molecule has 4 atom stereocenters. The third-order valence-corrected chi connectivity index (χ3v) is 3.92. The average Bonchev–Trinajstić information content (AvgIpc) is 2.85. The molecule has 1 saturated heterocycles. The number of aromatic amines is 1. The first kappa shape index (κ1) is 19.1. The highest BCUT2D eigenvalue weighted by atomic mass is 16.6. The van der Waals surface area contributed by atoms with Crippen molar-refractivity contribution >= 4 is 0 Å². The van der Waals surface area contributed by atoms with E-state index in [1.807, 2.05) is 6.92 Å². The Balaban J connectivity index is 2.34. The molecule has 11 heteroatoms. The fraction of sp³-hybridized carbons (Fsp3) is 0.571. The lowest BCUT2D eigenvalue weighted by Crippen LogP contribution is -2.39. The predicted octanol–water partition coefficient (Wildman–Crippen LogP) is -3.31. The van der Waals surface area contributed by atoms with Crippen molar-refractivity contribution in [3.05, 3.63) is 44.5 Å². The van der Waals surface area contributed by atoms with Gasteiger partial charge in [-0.3, -0.25) is 14.3 Å². The first-order chi connectivity index (χ1) is 11.8. The van der Waals surface area contributed by atoms with E-state index in [2.05, 4.69) is 4.98 Å². The topological polar surface area (TPSA) is 180 Å². The zero-order chi connectivity index (χ0) is 18.7. The fourth-order valence-corrected chi connectivity index (χ4v) is 2.52. The van der Waals surface area contributed by atoms with Gasteiger partial charge in [-0.1, -0.05) is 0 Å².